The van der Waals surface area contributed by atoms with Crippen LogP contribution in [0.15, 0.2) is 24.3 Å². The summed E-state index contributed by atoms with van der Waals surface area (Å²) in [6.07, 6.45) is 4.04. The summed E-state index contributed by atoms with van der Waals surface area (Å²) in [5.74, 6) is -0.410. The molecule has 1 aromatic heterocycles. The Bertz CT molecular complexity index is 954. The Morgan fingerprint density at radius 3 is 2.68 bits per heavy atom. The van der Waals surface area contributed by atoms with Crippen LogP contribution in [-0.4, -0.2) is 56.1 Å². The second-order valence-electron chi connectivity index (χ2n) is 7.93. The third kappa shape index (κ3) is 5.22. The van der Waals surface area contributed by atoms with E-state index in [0.717, 1.165) is 68.1 Å². The van der Waals surface area contributed by atoms with Crippen molar-refractivity contribution in [2.24, 2.45) is 0 Å². The summed E-state index contributed by atoms with van der Waals surface area (Å²) in [7, 11) is 0. The molecule has 0 bridgehead atoms. The molecule has 1 aliphatic heterocycles. The number of amides is 1. The van der Waals surface area contributed by atoms with E-state index in [-0.39, 0.29) is 11.9 Å². The smallest absolute Gasteiger partial charge is 0.341 e. The fourth-order valence-electron chi connectivity index (χ4n) is 4.28. The maximum absolute atomic E-state index is 12.8. The average molecular weight is 462 g/mol. The van der Waals surface area contributed by atoms with Gasteiger partial charge in [-0.25, -0.2) is 4.79 Å². The van der Waals surface area contributed by atoms with Gasteiger partial charge < -0.3 is 15.0 Å². The van der Waals surface area contributed by atoms with Gasteiger partial charge in [0.1, 0.15) is 5.00 Å². The quantitative estimate of drug-likeness (QED) is 0.652. The van der Waals surface area contributed by atoms with Crippen LogP contribution in [0, 0.1) is 0 Å². The molecule has 1 aliphatic carbocycles. The number of aryl methyl sites for hydroxylation is 1. The molecule has 4 rings (SSSR count). The van der Waals surface area contributed by atoms with Crippen molar-refractivity contribution in [3.8, 4) is 0 Å². The van der Waals surface area contributed by atoms with E-state index in [1.807, 2.05) is 18.2 Å². The van der Waals surface area contributed by atoms with E-state index < -0.39 is 0 Å². The molecular formula is C23H28ClN3O3S. The standard InChI is InChI=1S/C23H28ClN3O3S/c1-2-30-23(29)21-18-8-3-4-9-19(18)31-22(21)25-20(28)15-26-10-12-27(13-11-26)17-7-5-6-16(24)14-17/h5-7,14H,2-4,8-13,15H2,1H3,(H,25,28). The average Bonchev–Trinajstić information content (AvgIpc) is 3.12. The van der Waals surface area contributed by atoms with Crippen molar-refractivity contribution in [3.63, 3.8) is 0 Å². The summed E-state index contributed by atoms with van der Waals surface area (Å²) in [4.78, 5) is 31.0. The molecule has 0 unspecified atom stereocenters. The van der Waals surface area contributed by atoms with Gasteiger partial charge in [-0.3, -0.25) is 9.69 Å². The maximum Gasteiger partial charge on any atom is 0.341 e. The SMILES string of the molecule is CCOC(=O)c1c(NC(=O)CN2CCN(c3cccc(Cl)c3)CC2)sc2c1CCCC2. The normalized spacial score (nSPS) is 16.6. The van der Waals surface area contributed by atoms with Gasteiger partial charge in [-0.2, -0.15) is 0 Å². The molecule has 166 valence electrons. The van der Waals surface area contributed by atoms with Crippen LogP contribution >= 0.6 is 22.9 Å². The van der Waals surface area contributed by atoms with Gasteiger partial charge >= 0.3 is 5.97 Å². The number of benzene rings is 1. The van der Waals surface area contributed by atoms with Gasteiger partial charge in [0.05, 0.1) is 18.7 Å². The van der Waals surface area contributed by atoms with Crippen LogP contribution in [0.25, 0.3) is 0 Å². The molecule has 1 aromatic carbocycles. The lowest BCUT2D eigenvalue weighted by molar-refractivity contribution is -0.117. The van der Waals surface area contributed by atoms with Crippen molar-refractivity contribution in [1.82, 2.24) is 4.90 Å². The number of fused-ring (bicyclic) bond motifs is 1. The molecule has 2 heterocycles. The van der Waals surface area contributed by atoms with Gasteiger partial charge in [0, 0.05) is 41.8 Å². The van der Waals surface area contributed by atoms with E-state index in [1.165, 1.54) is 16.2 Å². The Morgan fingerprint density at radius 2 is 1.94 bits per heavy atom. The number of nitrogens with one attached hydrogen (secondary N) is 1. The second-order valence-corrected chi connectivity index (χ2v) is 9.47. The van der Waals surface area contributed by atoms with Crippen LogP contribution in [-0.2, 0) is 22.4 Å². The molecule has 1 amide bonds. The lowest BCUT2D eigenvalue weighted by Crippen LogP contribution is -2.48. The monoisotopic (exact) mass is 461 g/mol. The number of nitrogens with zero attached hydrogens (tertiary/aromatic N) is 2. The van der Waals surface area contributed by atoms with Gasteiger partial charge in [-0.1, -0.05) is 17.7 Å². The van der Waals surface area contributed by atoms with Crippen molar-refractivity contribution < 1.29 is 14.3 Å². The minimum absolute atomic E-state index is 0.0830. The zero-order valence-corrected chi connectivity index (χ0v) is 19.4. The molecule has 0 saturated carbocycles. The number of hydrogen-bond acceptors (Lipinski definition) is 6. The number of piperazine rings is 1. The predicted octanol–water partition coefficient (Wildman–Crippen LogP) is 4.22. The van der Waals surface area contributed by atoms with Crippen LogP contribution in [0.3, 0.4) is 0 Å². The van der Waals surface area contributed by atoms with Gasteiger partial charge in [0.15, 0.2) is 0 Å². The number of carbonyl (C=O) groups is 2. The fourth-order valence-corrected chi connectivity index (χ4v) is 5.76. The number of halogens is 1. The molecule has 8 heteroatoms. The number of rotatable bonds is 6. The van der Waals surface area contributed by atoms with Crippen LogP contribution in [0.1, 0.15) is 40.6 Å². The first kappa shape index (κ1) is 22.1. The van der Waals surface area contributed by atoms with Crippen LogP contribution in [0.5, 0.6) is 0 Å². The van der Waals surface area contributed by atoms with Gasteiger partial charge in [-0.05, 0) is 56.4 Å². The Balaban J connectivity index is 1.37. The number of hydrogen-bond donors (Lipinski definition) is 1. The highest BCUT2D eigenvalue weighted by molar-refractivity contribution is 7.17. The third-order valence-electron chi connectivity index (χ3n) is 5.82. The van der Waals surface area contributed by atoms with Crippen LogP contribution in [0.4, 0.5) is 10.7 Å². The molecule has 6 nitrogen and oxygen atoms in total. The van der Waals surface area contributed by atoms with Crippen LogP contribution < -0.4 is 10.2 Å². The molecule has 1 fully saturated rings. The second kappa shape index (κ2) is 10.0. The molecular weight excluding hydrogens is 434 g/mol. The molecule has 0 atom stereocenters. The summed E-state index contributed by atoms with van der Waals surface area (Å²) in [5, 5.41) is 4.39. The summed E-state index contributed by atoms with van der Waals surface area (Å²) >= 11 is 7.64. The van der Waals surface area contributed by atoms with E-state index in [4.69, 9.17) is 16.3 Å². The lowest BCUT2D eigenvalue weighted by Gasteiger charge is -2.35. The van der Waals surface area contributed by atoms with E-state index in [2.05, 4.69) is 21.2 Å². The Hall–Kier alpha value is -2.09. The maximum atomic E-state index is 12.8. The van der Waals surface area contributed by atoms with Gasteiger partial charge in [-0.15, -0.1) is 11.3 Å². The molecule has 1 saturated heterocycles. The van der Waals surface area contributed by atoms with Gasteiger partial charge in [0.2, 0.25) is 5.91 Å². The highest BCUT2D eigenvalue weighted by atomic mass is 35.5. The van der Waals surface area contributed by atoms with E-state index in [9.17, 15) is 9.59 Å². The fraction of sp³-hybridized carbons (Fsp3) is 0.478. The minimum Gasteiger partial charge on any atom is -0.462 e. The lowest BCUT2D eigenvalue weighted by atomic mass is 9.95. The highest BCUT2D eigenvalue weighted by Gasteiger charge is 2.28. The molecule has 31 heavy (non-hydrogen) atoms. The Morgan fingerprint density at radius 1 is 1.16 bits per heavy atom. The Labute approximate surface area is 192 Å². The van der Waals surface area contributed by atoms with Crippen molar-refractivity contribution in [2.75, 3.05) is 49.5 Å². The number of anilines is 2. The predicted molar refractivity (Wildman–Crippen MR) is 126 cm³/mol. The number of esters is 1. The number of ether oxygens (including phenoxy) is 1. The van der Waals surface area contributed by atoms with Crippen molar-refractivity contribution in [2.45, 2.75) is 32.6 Å². The summed E-state index contributed by atoms with van der Waals surface area (Å²) in [5.41, 5.74) is 2.75. The van der Waals surface area contributed by atoms with E-state index in [1.54, 1.807) is 6.92 Å². The molecule has 1 N–H and O–H groups in total. The first-order valence-corrected chi connectivity index (χ1v) is 12.1. The zero-order valence-electron chi connectivity index (χ0n) is 17.8. The summed E-state index contributed by atoms with van der Waals surface area (Å²) in [6, 6.07) is 7.86. The zero-order chi connectivity index (χ0) is 21.8. The summed E-state index contributed by atoms with van der Waals surface area (Å²) < 4.78 is 5.28. The van der Waals surface area contributed by atoms with E-state index >= 15 is 0 Å². The molecule has 0 spiro atoms. The van der Waals surface area contributed by atoms with Gasteiger partial charge in [0.25, 0.3) is 0 Å². The van der Waals surface area contributed by atoms with Crippen molar-refractivity contribution >= 4 is 45.5 Å². The minimum atomic E-state index is -0.327. The first-order chi connectivity index (χ1) is 15.0. The van der Waals surface area contributed by atoms with Crippen molar-refractivity contribution in [1.29, 1.82) is 0 Å². The first-order valence-electron chi connectivity index (χ1n) is 10.9. The topological polar surface area (TPSA) is 61.9 Å². The summed E-state index contributed by atoms with van der Waals surface area (Å²) in [6.45, 7) is 5.72. The van der Waals surface area contributed by atoms with Crippen LogP contribution in [0.2, 0.25) is 5.02 Å². The molecule has 0 radical (unpaired) electrons. The number of thiophene rings is 1. The Kier molecular flexibility index (Phi) is 7.15. The third-order valence-corrected chi connectivity index (χ3v) is 7.26. The van der Waals surface area contributed by atoms with E-state index in [0.29, 0.717) is 23.7 Å². The molecule has 2 aromatic rings. The number of carbonyl (C=O) groups excluding carboxylic acids is 2. The largest absolute Gasteiger partial charge is 0.462 e. The molecule has 2 aliphatic rings. The van der Waals surface area contributed by atoms with Crippen molar-refractivity contribution in [3.05, 3.63) is 45.3 Å². The highest BCUT2D eigenvalue weighted by Crippen LogP contribution is 2.38.